The minimum absolute atomic E-state index is 0.110. The number of anilines is 1. The van der Waals surface area contributed by atoms with Crippen LogP contribution >= 0.6 is 11.6 Å². The van der Waals surface area contributed by atoms with E-state index in [4.69, 9.17) is 16.7 Å². The number of nitrogens with zero attached hydrogens (tertiary/aromatic N) is 1. The van der Waals surface area contributed by atoms with E-state index in [0.717, 1.165) is 37.3 Å². The molecular weight excluding hydrogens is 396 g/mol. The molecule has 0 spiro atoms. The van der Waals surface area contributed by atoms with Gasteiger partial charge in [-0.3, -0.25) is 0 Å². The second kappa shape index (κ2) is 9.69. The topological polar surface area (TPSA) is 97.1 Å². The maximum atomic E-state index is 11.0. The lowest BCUT2D eigenvalue weighted by molar-refractivity contribution is 0.521. The summed E-state index contributed by atoms with van der Waals surface area (Å²) in [5.41, 5.74) is 2.49. The van der Waals surface area contributed by atoms with Crippen LogP contribution in [0.1, 0.15) is 36.3 Å². The standard InChI is InChI=1S/C20H27ClN4O2S/c21-18-3-1-2-15(12-18)8-9-23-19-6-4-16(13-19)17-5-7-20(25-14-17)24-10-11-28(22,26)27/h1-3,5,7,12,14,16,19,23H,4,6,8-11,13H2,(H,24,25)(H2,22,26,27)/t16-,19+/m1/s1. The number of nitrogens with one attached hydrogen (secondary N) is 2. The molecule has 2 aromatic rings. The summed E-state index contributed by atoms with van der Waals surface area (Å²) < 4.78 is 21.9. The average Bonchev–Trinajstić information content (AvgIpc) is 3.10. The number of hydrogen-bond donors (Lipinski definition) is 3. The highest BCUT2D eigenvalue weighted by Crippen LogP contribution is 2.34. The summed E-state index contributed by atoms with van der Waals surface area (Å²) >= 11 is 6.03. The molecule has 1 aliphatic carbocycles. The van der Waals surface area contributed by atoms with E-state index < -0.39 is 10.0 Å². The van der Waals surface area contributed by atoms with Crippen molar-refractivity contribution in [1.82, 2.24) is 10.3 Å². The van der Waals surface area contributed by atoms with Gasteiger partial charge in [0.05, 0.1) is 5.75 Å². The van der Waals surface area contributed by atoms with Crippen molar-refractivity contribution < 1.29 is 8.42 Å². The predicted molar refractivity (Wildman–Crippen MR) is 114 cm³/mol. The molecule has 152 valence electrons. The summed E-state index contributed by atoms with van der Waals surface area (Å²) in [6, 6.07) is 12.5. The molecule has 1 fully saturated rings. The molecule has 6 nitrogen and oxygen atoms in total. The first-order chi connectivity index (χ1) is 13.4. The quantitative estimate of drug-likeness (QED) is 0.577. The Balaban J connectivity index is 1.42. The number of primary sulfonamides is 1. The van der Waals surface area contributed by atoms with Crippen LogP contribution in [0, 0.1) is 0 Å². The molecule has 1 saturated carbocycles. The van der Waals surface area contributed by atoms with Gasteiger partial charge in [0, 0.05) is 23.8 Å². The van der Waals surface area contributed by atoms with Gasteiger partial charge in [0.2, 0.25) is 10.0 Å². The van der Waals surface area contributed by atoms with Crippen molar-refractivity contribution in [2.24, 2.45) is 5.14 Å². The van der Waals surface area contributed by atoms with Crippen LogP contribution in [0.4, 0.5) is 5.82 Å². The van der Waals surface area contributed by atoms with Gasteiger partial charge < -0.3 is 10.6 Å². The van der Waals surface area contributed by atoms with E-state index in [1.165, 1.54) is 11.1 Å². The normalized spacial score (nSPS) is 19.6. The lowest BCUT2D eigenvalue weighted by Crippen LogP contribution is -2.28. The predicted octanol–water partition coefficient (Wildman–Crippen LogP) is 2.90. The van der Waals surface area contributed by atoms with E-state index in [1.54, 1.807) is 0 Å². The number of halogens is 1. The fourth-order valence-corrected chi connectivity index (χ4v) is 4.25. The molecule has 1 aromatic heterocycles. The van der Waals surface area contributed by atoms with Crippen molar-refractivity contribution >= 4 is 27.4 Å². The van der Waals surface area contributed by atoms with Gasteiger partial charge in [0.1, 0.15) is 5.82 Å². The van der Waals surface area contributed by atoms with Crippen molar-refractivity contribution in [3.05, 3.63) is 58.7 Å². The molecule has 1 heterocycles. The highest BCUT2D eigenvalue weighted by molar-refractivity contribution is 7.89. The van der Waals surface area contributed by atoms with E-state index in [1.807, 2.05) is 30.5 Å². The number of sulfonamides is 1. The minimum Gasteiger partial charge on any atom is -0.369 e. The van der Waals surface area contributed by atoms with Gasteiger partial charge >= 0.3 is 0 Å². The van der Waals surface area contributed by atoms with Crippen molar-refractivity contribution in [2.45, 2.75) is 37.6 Å². The fraction of sp³-hybridized carbons (Fsp3) is 0.450. The van der Waals surface area contributed by atoms with Crippen LogP contribution in [0.25, 0.3) is 0 Å². The number of benzene rings is 1. The van der Waals surface area contributed by atoms with Crippen LogP contribution in [0.5, 0.6) is 0 Å². The zero-order chi connectivity index (χ0) is 20.0. The molecule has 0 radical (unpaired) electrons. The molecular formula is C20H27ClN4O2S. The third-order valence-corrected chi connectivity index (χ3v) is 6.13. The van der Waals surface area contributed by atoms with Crippen molar-refractivity contribution in [1.29, 1.82) is 0 Å². The Morgan fingerprint density at radius 2 is 2.04 bits per heavy atom. The molecule has 1 aromatic carbocycles. The molecule has 0 amide bonds. The molecule has 0 aliphatic heterocycles. The lowest BCUT2D eigenvalue weighted by Gasteiger charge is -2.14. The first kappa shape index (κ1) is 21.0. The minimum atomic E-state index is -3.45. The van der Waals surface area contributed by atoms with E-state index in [2.05, 4.69) is 27.8 Å². The van der Waals surface area contributed by atoms with Crippen molar-refractivity contribution in [3.63, 3.8) is 0 Å². The maximum absolute atomic E-state index is 11.0. The Morgan fingerprint density at radius 1 is 1.18 bits per heavy atom. The molecule has 0 unspecified atom stereocenters. The largest absolute Gasteiger partial charge is 0.369 e. The van der Waals surface area contributed by atoms with Gasteiger partial charge in [-0.1, -0.05) is 29.8 Å². The lowest BCUT2D eigenvalue weighted by atomic mass is 9.99. The van der Waals surface area contributed by atoms with E-state index in [0.29, 0.717) is 17.8 Å². The molecule has 2 atom stereocenters. The second-order valence-corrected chi connectivity index (χ2v) is 9.48. The molecule has 4 N–H and O–H groups in total. The van der Waals surface area contributed by atoms with Gasteiger partial charge in [-0.05, 0) is 67.5 Å². The number of nitrogens with two attached hydrogens (primary N) is 1. The molecule has 8 heteroatoms. The van der Waals surface area contributed by atoms with Crippen LogP contribution in [-0.4, -0.2) is 38.3 Å². The summed E-state index contributed by atoms with van der Waals surface area (Å²) in [4.78, 5) is 4.40. The maximum Gasteiger partial charge on any atom is 0.210 e. The Bertz CT molecular complexity index is 874. The van der Waals surface area contributed by atoms with Crippen molar-refractivity contribution in [3.8, 4) is 0 Å². The van der Waals surface area contributed by atoms with Crippen LogP contribution in [0.3, 0.4) is 0 Å². The van der Waals surface area contributed by atoms with Gasteiger partial charge in [-0.2, -0.15) is 0 Å². The van der Waals surface area contributed by atoms with Crippen LogP contribution in [0.2, 0.25) is 5.02 Å². The fourth-order valence-electron chi connectivity index (χ4n) is 3.66. The zero-order valence-corrected chi connectivity index (χ0v) is 17.3. The molecule has 0 bridgehead atoms. The molecule has 0 saturated heterocycles. The first-order valence-electron chi connectivity index (χ1n) is 9.57. The summed E-state index contributed by atoms with van der Waals surface area (Å²) in [6.07, 6.45) is 6.28. The monoisotopic (exact) mass is 422 g/mol. The summed E-state index contributed by atoms with van der Waals surface area (Å²) in [5.74, 6) is 1.07. The number of aromatic nitrogens is 1. The molecule has 1 aliphatic rings. The van der Waals surface area contributed by atoms with Gasteiger partial charge in [0.15, 0.2) is 0 Å². The third kappa shape index (κ3) is 6.74. The molecule has 3 rings (SSSR count). The zero-order valence-electron chi connectivity index (χ0n) is 15.8. The first-order valence-corrected chi connectivity index (χ1v) is 11.7. The Kier molecular flexibility index (Phi) is 7.29. The summed E-state index contributed by atoms with van der Waals surface area (Å²) in [7, 11) is -3.45. The SMILES string of the molecule is NS(=O)(=O)CCNc1ccc([C@@H]2CC[C@H](NCCc3cccc(Cl)c3)C2)cn1. The van der Waals surface area contributed by atoms with Gasteiger partial charge in [0.25, 0.3) is 0 Å². The Hall–Kier alpha value is -1.67. The molecule has 28 heavy (non-hydrogen) atoms. The van der Waals surface area contributed by atoms with Crippen molar-refractivity contribution in [2.75, 3.05) is 24.2 Å². The van der Waals surface area contributed by atoms with E-state index >= 15 is 0 Å². The number of pyridine rings is 1. The Morgan fingerprint density at radius 3 is 2.75 bits per heavy atom. The summed E-state index contributed by atoms with van der Waals surface area (Å²) in [5, 5.41) is 12.4. The van der Waals surface area contributed by atoms with E-state index in [-0.39, 0.29) is 12.3 Å². The van der Waals surface area contributed by atoms with Gasteiger partial charge in [-0.25, -0.2) is 18.5 Å². The third-order valence-electron chi connectivity index (χ3n) is 5.12. The summed E-state index contributed by atoms with van der Waals surface area (Å²) in [6.45, 7) is 1.20. The number of hydrogen-bond acceptors (Lipinski definition) is 5. The smallest absolute Gasteiger partial charge is 0.210 e. The average molecular weight is 423 g/mol. The van der Waals surface area contributed by atoms with Crippen LogP contribution < -0.4 is 15.8 Å². The Labute approximate surface area is 171 Å². The van der Waals surface area contributed by atoms with Crippen LogP contribution in [-0.2, 0) is 16.4 Å². The highest BCUT2D eigenvalue weighted by Gasteiger charge is 2.25. The highest BCUT2D eigenvalue weighted by atomic mass is 35.5. The van der Waals surface area contributed by atoms with Crippen LogP contribution in [0.15, 0.2) is 42.6 Å². The second-order valence-electron chi connectivity index (χ2n) is 7.31. The van der Waals surface area contributed by atoms with E-state index in [9.17, 15) is 8.42 Å². The number of rotatable bonds is 9. The van der Waals surface area contributed by atoms with Gasteiger partial charge in [-0.15, -0.1) is 0 Å².